The number of fused-ring (bicyclic) bond motifs is 2. The third-order valence-electron chi connectivity index (χ3n) is 7.38. The average molecular weight is 610 g/mol. The minimum Gasteiger partial charge on any atom is -0.479 e. The van der Waals surface area contributed by atoms with Gasteiger partial charge in [0.25, 0.3) is 0 Å². The predicted molar refractivity (Wildman–Crippen MR) is 175 cm³/mol. The number of nitrogens with zero attached hydrogens (tertiary/aromatic N) is 3. The lowest BCUT2D eigenvalue weighted by atomic mass is 9.91. The summed E-state index contributed by atoms with van der Waals surface area (Å²) in [6.07, 6.45) is -1.16. The van der Waals surface area contributed by atoms with Gasteiger partial charge in [-0.15, -0.1) is 11.3 Å². The van der Waals surface area contributed by atoms with E-state index in [1.807, 2.05) is 87.8 Å². The molecular formula is C35H32ClN3O3S. The number of benzene rings is 4. The lowest BCUT2D eigenvalue weighted by Gasteiger charge is -2.28. The number of ether oxygens (including phenoxy) is 1. The molecule has 0 aliphatic rings. The maximum atomic E-state index is 12.6. The second-order valence-electron chi connectivity index (χ2n) is 11.8. The monoisotopic (exact) mass is 609 g/mol. The zero-order valence-corrected chi connectivity index (χ0v) is 26.3. The van der Waals surface area contributed by atoms with Crippen molar-refractivity contribution >= 4 is 50.0 Å². The number of carbonyl (C=O) groups is 1. The lowest BCUT2D eigenvalue weighted by molar-refractivity contribution is -0.160. The van der Waals surface area contributed by atoms with Gasteiger partial charge in [0.2, 0.25) is 0 Å². The van der Waals surface area contributed by atoms with Crippen LogP contribution in [0.25, 0.3) is 42.8 Å². The third kappa shape index (κ3) is 5.80. The summed E-state index contributed by atoms with van der Waals surface area (Å²) in [4.78, 5) is 17.7. The van der Waals surface area contributed by atoms with Crippen LogP contribution in [-0.2, 0) is 16.1 Å². The first kappa shape index (κ1) is 29.1. The molecule has 0 saturated carbocycles. The van der Waals surface area contributed by atoms with Gasteiger partial charge in [-0.25, -0.2) is 9.78 Å². The molecule has 1 atom stereocenters. The van der Waals surface area contributed by atoms with Crippen LogP contribution in [0.15, 0.2) is 78.9 Å². The summed E-state index contributed by atoms with van der Waals surface area (Å²) in [5.41, 5.74) is 7.44. The maximum Gasteiger partial charge on any atom is 0.337 e. The van der Waals surface area contributed by atoms with Gasteiger partial charge in [-0.1, -0.05) is 54.1 Å². The highest BCUT2D eigenvalue weighted by Crippen LogP contribution is 2.44. The van der Waals surface area contributed by atoms with Crippen LogP contribution in [0, 0.1) is 13.8 Å². The van der Waals surface area contributed by atoms with Crippen molar-refractivity contribution in [2.75, 3.05) is 0 Å². The summed E-state index contributed by atoms with van der Waals surface area (Å²) in [5.74, 6) is -1.04. The SMILES string of the molecule is Cc1cc2nc(-c3ccc4c(c3)c(C)nn4Cc3ccccc3)sc2c(-c2ccc(Cl)cc2)c1[C@H](OC(C)(C)C)C(=O)O. The Morgan fingerprint density at radius 1 is 1.00 bits per heavy atom. The lowest BCUT2D eigenvalue weighted by Crippen LogP contribution is -2.28. The second kappa shape index (κ2) is 11.2. The summed E-state index contributed by atoms with van der Waals surface area (Å²) in [5, 5.41) is 17.7. The van der Waals surface area contributed by atoms with Gasteiger partial charge in [-0.3, -0.25) is 4.68 Å². The topological polar surface area (TPSA) is 77.2 Å². The molecule has 8 heteroatoms. The number of carboxylic acids is 1. The second-order valence-corrected chi connectivity index (χ2v) is 13.2. The average Bonchev–Trinajstić information content (AvgIpc) is 3.52. The van der Waals surface area contributed by atoms with E-state index in [9.17, 15) is 9.90 Å². The Balaban J connectivity index is 1.51. The van der Waals surface area contributed by atoms with Crippen LogP contribution >= 0.6 is 22.9 Å². The zero-order valence-electron chi connectivity index (χ0n) is 24.7. The van der Waals surface area contributed by atoms with Crippen LogP contribution in [0.1, 0.15) is 49.3 Å². The minimum atomic E-state index is -1.16. The summed E-state index contributed by atoms with van der Waals surface area (Å²) >= 11 is 7.79. The third-order valence-corrected chi connectivity index (χ3v) is 8.77. The van der Waals surface area contributed by atoms with E-state index in [2.05, 4.69) is 30.3 Å². The van der Waals surface area contributed by atoms with E-state index in [-0.39, 0.29) is 0 Å². The fourth-order valence-electron chi connectivity index (χ4n) is 5.51. The molecule has 0 unspecified atom stereocenters. The Bertz CT molecular complexity index is 1970. The van der Waals surface area contributed by atoms with Crippen LogP contribution < -0.4 is 0 Å². The standard InChI is InChI=1S/C35H32ClN3O3S/c1-20-17-27-32(30(23-11-14-25(36)15-12-23)29(20)31(34(40)41)42-35(3,4)5)43-33(37-27)24-13-16-28-26(18-24)21(2)38-39(28)19-22-9-7-6-8-10-22/h6-18,31H,19H2,1-5H3,(H,40,41)/t31-/m0/s1. The molecule has 218 valence electrons. The summed E-state index contributed by atoms with van der Waals surface area (Å²) < 4.78 is 9.09. The van der Waals surface area contributed by atoms with Crippen molar-refractivity contribution in [2.24, 2.45) is 0 Å². The number of aryl methyl sites for hydroxylation is 2. The van der Waals surface area contributed by atoms with Gasteiger partial charge in [0.1, 0.15) is 5.01 Å². The fourth-order valence-corrected chi connectivity index (χ4v) is 6.76. The molecule has 0 aliphatic heterocycles. The normalized spacial score (nSPS) is 12.7. The van der Waals surface area contributed by atoms with Crippen molar-refractivity contribution in [3.8, 4) is 21.7 Å². The van der Waals surface area contributed by atoms with Crippen LogP contribution in [0.4, 0.5) is 0 Å². The van der Waals surface area contributed by atoms with Gasteiger partial charge in [-0.05, 0) is 87.7 Å². The van der Waals surface area contributed by atoms with E-state index in [1.165, 1.54) is 5.56 Å². The van der Waals surface area contributed by atoms with Crippen molar-refractivity contribution < 1.29 is 14.6 Å². The number of aromatic nitrogens is 3. The highest BCUT2D eigenvalue weighted by molar-refractivity contribution is 7.22. The van der Waals surface area contributed by atoms with E-state index in [0.717, 1.165) is 54.1 Å². The predicted octanol–water partition coefficient (Wildman–Crippen LogP) is 9.24. The van der Waals surface area contributed by atoms with Crippen molar-refractivity contribution in [1.82, 2.24) is 14.8 Å². The smallest absolute Gasteiger partial charge is 0.337 e. The molecule has 0 bridgehead atoms. The van der Waals surface area contributed by atoms with Gasteiger partial charge in [-0.2, -0.15) is 5.10 Å². The number of hydrogen-bond donors (Lipinski definition) is 1. The molecule has 6 nitrogen and oxygen atoms in total. The van der Waals surface area contributed by atoms with E-state index in [0.29, 0.717) is 17.1 Å². The number of thiazole rings is 1. The van der Waals surface area contributed by atoms with Crippen LogP contribution in [0.3, 0.4) is 0 Å². The molecule has 0 fully saturated rings. The van der Waals surface area contributed by atoms with Crippen molar-refractivity contribution in [1.29, 1.82) is 0 Å². The molecule has 6 rings (SSSR count). The number of halogens is 1. The molecule has 0 spiro atoms. The molecule has 1 N–H and O–H groups in total. The Morgan fingerprint density at radius 3 is 2.37 bits per heavy atom. The van der Waals surface area contributed by atoms with E-state index >= 15 is 0 Å². The Kier molecular flexibility index (Phi) is 7.59. The molecule has 0 radical (unpaired) electrons. The van der Waals surface area contributed by atoms with Gasteiger partial charge < -0.3 is 9.84 Å². The summed E-state index contributed by atoms with van der Waals surface area (Å²) in [7, 11) is 0. The molecule has 43 heavy (non-hydrogen) atoms. The summed E-state index contributed by atoms with van der Waals surface area (Å²) in [6.45, 7) is 10.2. The van der Waals surface area contributed by atoms with Gasteiger partial charge in [0.05, 0.1) is 33.6 Å². The number of carboxylic acid groups (broad SMARTS) is 1. The molecule has 0 amide bonds. The molecule has 2 heterocycles. The Morgan fingerprint density at radius 2 is 1.70 bits per heavy atom. The first-order valence-corrected chi connectivity index (χ1v) is 15.3. The molecule has 4 aromatic carbocycles. The highest BCUT2D eigenvalue weighted by Gasteiger charge is 2.32. The van der Waals surface area contributed by atoms with Crippen LogP contribution in [0.2, 0.25) is 5.02 Å². The molecular weight excluding hydrogens is 578 g/mol. The van der Waals surface area contributed by atoms with E-state index in [4.69, 9.17) is 26.4 Å². The van der Waals surface area contributed by atoms with Gasteiger partial charge >= 0.3 is 5.97 Å². The molecule has 0 saturated heterocycles. The number of rotatable bonds is 7. The maximum absolute atomic E-state index is 12.6. The molecule has 6 aromatic rings. The Labute approximate surface area is 259 Å². The molecule has 0 aliphatic carbocycles. The first-order valence-electron chi connectivity index (χ1n) is 14.1. The van der Waals surface area contributed by atoms with Gasteiger partial charge in [0.15, 0.2) is 6.10 Å². The minimum absolute atomic E-state index is 0.608. The van der Waals surface area contributed by atoms with E-state index in [1.54, 1.807) is 11.3 Å². The quantitative estimate of drug-likeness (QED) is 0.195. The number of hydrogen-bond acceptors (Lipinski definition) is 5. The fraction of sp³-hybridized carbons (Fsp3) is 0.229. The van der Waals surface area contributed by atoms with Crippen molar-refractivity contribution in [3.05, 3.63) is 106 Å². The van der Waals surface area contributed by atoms with Crippen molar-refractivity contribution in [2.45, 2.75) is 52.9 Å². The number of aliphatic carboxylic acids is 1. The summed E-state index contributed by atoms with van der Waals surface area (Å²) in [6, 6.07) is 26.1. The largest absolute Gasteiger partial charge is 0.479 e. The van der Waals surface area contributed by atoms with Gasteiger partial charge in [0, 0.05) is 27.1 Å². The Hall–Kier alpha value is -4.04. The highest BCUT2D eigenvalue weighted by atomic mass is 35.5. The zero-order chi connectivity index (χ0) is 30.5. The van der Waals surface area contributed by atoms with Crippen LogP contribution in [0.5, 0.6) is 0 Å². The first-order chi connectivity index (χ1) is 20.5. The van der Waals surface area contributed by atoms with E-state index < -0.39 is 17.7 Å². The van der Waals surface area contributed by atoms with Crippen LogP contribution in [-0.4, -0.2) is 31.4 Å². The van der Waals surface area contributed by atoms with Crippen molar-refractivity contribution in [3.63, 3.8) is 0 Å². The molecule has 2 aromatic heterocycles.